The van der Waals surface area contributed by atoms with Gasteiger partial charge in [-0.2, -0.15) is 0 Å². The predicted octanol–water partition coefficient (Wildman–Crippen LogP) is 3.03. The first kappa shape index (κ1) is 13.7. The molecule has 2 aromatic carbocycles. The summed E-state index contributed by atoms with van der Waals surface area (Å²) in [6.45, 7) is 0. The minimum absolute atomic E-state index is 0.0907. The van der Waals surface area contributed by atoms with Gasteiger partial charge in [-0.15, -0.1) is 0 Å². The van der Waals surface area contributed by atoms with Crippen molar-refractivity contribution in [3.63, 3.8) is 0 Å². The Bertz CT molecular complexity index is 806. The normalized spacial score (nSPS) is 10.2. The van der Waals surface area contributed by atoms with Crippen LogP contribution in [0.15, 0.2) is 61.2 Å². The van der Waals surface area contributed by atoms with Crippen LogP contribution in [0.2, 0.25) is 0 Å². The molecule has 0 radical (unpaired) electrons. The Labute approximate surface area is 126 Å². The number of carboxylic acids is 1. The van der Waals surface area contributed by atoms with E-state index in [4.69, 9.17) is 4.74 Å². The summed E-state index contributed by atoms with van der Waals surface area (Å²) in [6, 6.07) is 13.6. The van der Waals surface area contributed by atoms with Crippen molar-refractivity contribution in [3.8, 4) is 22.9 Å². The quantitative estimate of drug-likeness (QED) is 0.795. The zero-order valence-corrected chi connectivity index (χ0v) is 11.4. The minimum atomic E-state index is -1.05. The van der Waals surface area contributed by atoms with Crippen LogP contribution in [-0.4, -0.2) is 26.0 Å². The summed E-state index contributed by atoms with van der Waals surface area (Å²) < 4.78 is 5.78. The van der Waals surface area contributed by atoms with E-state index in [9.17, 15) is 9.90 Å². The number of aromatic nitrogens is 3. The van der Waals surface area contributed by atoms with Gasteiger partial charge in [-0.25, -0.2) is 19.7 Å². The van der Waals surface area contributed by atoms with Gasteiger partial charge in [0.15, 0.2) is 5.82 Å². The van der Waals surface area contributed by atoms with Crippen molar-refractivity contribution in [2.45, 2.75) is 0 Å². The Kier molecular flexibility index (Phi) is 3.74. The molecule has 0 aliphatic rings. The molecule has 0 unspecified atom stereocenters. The lowest BCUT2D eigenvalue weighted by Crippen LogP contribution is -2.00. The third kappa shape index (κ3) is 2.76. The molecular formula is C16H11N3O3. The lowest BCUT2D eigenvalue weighted by atomic mass is 10.1. The summed E-state index contributed by atoms with van der Waals surface area (Å²) in [6.07, 6.45) is 2.79. The highest BCUT2D eigenvalue weighted by Gasteiger charge is 2.14. The van der Waals surface area contributed by atoms with Gasteiger partial charge < -0.3 is 9.84 Å². The fourth-order valence-corrected chi connectivity index (χ4v) is 1.97. The highest BCUT2D eigenvalue weighted by Crippen LogP contribution is 2.32. The second-order valence-corrected chi connectivity index (χ2v) is 4.36. The van der Waals surface area contributed by atoms with Crippen LogP contribution in [0, 0.1) is 0 Å². The molecule has 108 valence electrons. The average Bonchev–Trinajstić information content (AvgIpc) is 2.56. The molecule has 3 aromatic rings. The second kappa shape index (κ2) is 6.01. The van der Waals surface area contributed by atoms with Gasteiger partial charge in [-0.3, -0.25) is 0 Å². The maximum atomic E-state index is 11.3. The van der Waals surface area contributed by atoms with Crippen LogP contribution in [0.25, 0.3) is 11.4 Å². The van der Waals surface area contributed by atoms with Gasteiger partial charge in [0.25, 0.3) is 0 Å². The van der Waals surface area contributed by atoms with Crippen LogP contribution in [0.4, 0.5) is 0 Å². The first-order valence-electron chi connectivity index (χ1n) is 6.47. The van der Waals surface area contributed by atoms with Crippen LogP contribution < -0.4 is 4.74 Å². The molecule has 0 spiro atoms. The van der Waals surface area contributed by atoms with E-state index >= 15 is 0 Å². The fourth-order valence-electron chi connectivity index (χ4n) is 1.97. The molecule has 6 nitrogen and oxygen atoms in total. The summed E-state index contributed by atoms with van der Waals surface area (Å²) in [4.78, 5) is 23.2. The molecule has 1 N–H and O–H groups in total. The van der Waals surface area contributed by atoms with E-state index in [2.05, 4.69) is 15.0 Å². The van der Waals surface area contributed by atoms with Crippen molar-refractivity contribution in [1.29, 1.82) is 0 Å². The average molecular weight is 293 g/mol. The van der Waals surface area contributed by atoms with Crippen molar-refractivity contribution < 1.29 is 14.6 Å². The van der Waals surface area contributed by atoms with E-state index in [1.54, 1.807) is 36.4 Å². The van der Waals surface area contributed by atoms with Crippen LogP contribution in [0.1, 0.15) is 10.4 Å². The number of aromatic carboxylic acids is 1. The van der Waals surface area contributed by atoms with E-state index in [1.807, 2.05) is 6.07 Å². The Morgan fingerprint density at radius 3 is 2.27 bits per heavy atom. The van der Waals surface area contributed by atoms with Crippen molar-refractivity contribution in [3.05, 3.63) is 66.7 Å². The molecule has 22 heavy (non-hydrogen) atoms. The molecule has 0 aliphatic carbocycles. The topological polar surface area (TPSA) is 85.2 Å². The highest BCUT2D eigenvalue weighted by atomic mass is 16.5. The van der Waals surface area contributed by atoms with E-state index in [0.29, 0.717) is 17.1 Å². The minimum Gasteiger partial charge on any atom is -0.478 e. The van der Waals surface area contributed by atoms with E-state index in [-0.39, 0.29) is 11.3 Å². The lowest BCUT2D eigenvalue weighted by Gasteiger charge is -2.11. The molecule has 0 atom stereocenters. The Hall–Kier alpha value is -3.28. The van der Waals surface area contributed by atoms with E-state index in [1.165, 1.54) is 18.7 Å². The van der Waals surface area contributed by atoms with Crippen molar-refractivity contribution in [1.82, 2.24) is 15.0 Å². The van der Waals surface area contributed by atoms with Crippen LogP contribution in [0.3, 0.4) is 0 Å². The Morgan fingerprint density at radius 2 is 1.55 bits per heavy atom. The van der Waals surface area contributed by atoms with Crippen LogP contribution in [0.5, 0.6) is 11.5 Å². The number of hydrogen-bond donors (Lipinski definition) is 1. The number of carbonyl (C=O) groups is 1. The SMILES string of the molecule is O=C(O)c1ccccc1Oc1ccccc1-c1ncncn1. The maximum Gasteiger partial charge on any atom is 0.339 e. The second-order valence-electron chi connectivity index (χ2n) is 4.36. The molecule has 1 heterocycles. The molecule has 1 aromatic heterocycles. The number of para-hydroxylation sites is 2. The van der Waals surface area contributed by atoms with Gasteiger partial charge in [-0.1, -0.05) is 24.3 Å². The van der Waals surface area contributed by atoms with Crippen LogP contribution in [-0.2, 0) is 0 Å². The summed E-state index contributed by atoms with van der Waals surface area (Å²) in [5.74, 6) is 0.144. The molecule has 0 aliphatic heterocycles. The van der Waals surface area contributed by atoms with Crippen molar-refractivity contribution in [2.24, 2.45) is 0 Å². The third-order valence-corrected chi connectivity index (χ3v) is 2.96. The fraction of sp³-hybridized carbons (Fsp3) is 0. The van der Waals surface area contributed by atoms with E-state index in [0.717, 1.165) is 0 Å². The number of ether oxygens (including phenoxy) is 1. The monoisotopic (exact) mass is 293 g/mol. The molecule has 6 heteroatoms. The number of benzene rings is 2. The Balaban J connectivity index is 2.03. The molecular weight excluding hydrogens is 282 g/mol. The summed E-state index contributed by atoms with van der Waals surface area (Å²) in [7, 11) is 0. The number of rotatable bonds is 4. The molecule has 0 amide bonds. The third-order valence-electron chi connectivity index (χ3n) is 2.96. The number of nitrogens with zero attached hydrogens (tertiary/aromatic N) is 3. The molecule has 0 fully saturated rings. The van der Waals surface area contributed by atoms with Gasteiger partial charge in [0.05, 0.1) is 5.56 Å². The summed E-state index contributed by atoms with van der Waals surface area (Å²) in [5, 5.41) is 9.22. The van der Waals surface area contributed by atoms with Gasteiger partial charge in [0, 0.05) is 0 Å². The lowest BCUT2D eigenvalue weighted by molar-refractivity contribution is 0.0694. The zero-order valence-electron chi connectivity index (χ0n) is 11.4. The van der Waals surface area contributed by atoms with Crippen molar-refractivity contribution in [2.75, 3.05) is 0 Å². The first-order chi connectivity index (χ1) is 10.8. The van der Waals surface area contributed by atoms with E-state index < -0.39 is 5.97 Å². The number of carboxylic acid groups (broad SMARTS) is 1. The van der Waals surface area contributed by atoms with Gasteiger partial charge >= 0.3 is 5.97 Å². The molecule has 0 saturated carbocycles. The van der Waals surface area contributed by atoms with Crippen molar-refractivity contribution >= 4 is 5.97 Å². The number of hydrogen-bond acceptors (Lipinski definition) is 5. The first-order valence-corrected chi connectivity index (χ1v) is 6.47. The standard InChI is InChI=1S/C16H11N3O3/c20-16(21)12-6-2-4-8-14(12)22-13-7-3-1-5-11(13)15-18-9-17-10-19-15/h1-10H,(H,20,21). The summed E-state index contributed by atoms with van der Waals surface area (Å²) in [5.41, 5.74) is 0.748. The van der Waals surface area contributed by atoms with Gasteiger partial charge in [-0.05, 0) is 24.3 Å². The van der Waals surface area contributed by atoms with Gasteiger partial charge in [0.2, 0.25) is 0 Å². The summed E-state index contributed by atoms with van der Waals surface area (Å²) >= 11 is 0. The molecule has 3 rings (SSSR count). The Morgan fingerprint density at radius 1 is 0.909 bits per heavy atom. The molecule has 0 bridgehead atoms. The maximum absolute atomic E-state index is 11.3. The van der Waals surface area contributed by atoms with Crippen LogP contribution >= 0.6 is 0 Å². The highest BCUT2D eigenvalue weighted by molar-refractivity contribution is 5.91. The largest absolute Gasteiger partial charge is 0.478 e. The smallest absolute Gasteiger partial charge is 0.339 e. The van der Waals surface area contributed by atoms with Gasteiger partial charge in [0.1, 0.15) is 29.7 Å². The molecule has 0 saturated heterocycles. The predicted molar refractivity (Wildman–Crippen MR) is 78.7 cm³/mol. The zero-order chi connectivity index (χ0) is 15.4.